The summed E-state index contributed by atoms with van der Waals surface area (Å²) in [4.78, 5) is 13.2. The molecule has 3 nitrogen and oxygen atoms in total. The van der Waals surface area contributed by atoms with Crippen molar-refractivity contribution in [2.24, 2.45) is 7.05 Å². The first kappa shape index (κ1) is 10.8. The largest absolute Gasteiger partial charge is 0.353 e. The molecular formula is C11H18N2O. The highest BCUT2D eigenvalue weighted by atomic mass is 16.2. The summed E-state index contributed by atoms with van der Waals surface area (Å²) in [5.41, 5.74) is 1.17. The van der Waals surface area contributed by atoms with Gasteiger partial charge in [0.1, 0.15) is 0 Å². The van der Waals surface area contributed by atoms with Gasteiger partial charge < -0.3 is 9.47 Å². The van der Waals surface area contributed by atoms with E-state index in [4.69, 9.17) is 0 Å². The molecule has 0 bridgehead atoms. The molecule has 1 heterocycles. The second-order valence-electron chi connectivity index (χ2n) is 3.55. The van der Waals surface area contributed by atoms with Crippen molar-refractivity contribution in [3.8, 4) is 0 Å². The van der Waals surface area contributed by atoms with Gasteiger partial charge in [-0.2, -0.15) is 0 Å². The van der Waals surface area contributed by atoms with Crippen LogP contribution in [0.4, 0.5) is 0 Å². The first-order valence-corrected chi connectivity index (χ1v) is 5.01. The molecule has 3 heteroatoms. The SMILES string of the molecule is CCCN(Cc1cccn1C)C(C)=O. The molecule has 1 aromatic heterocycles. The van der Waals surface area contributed by atoms with Crippen molar-refractivity contribution in [2.45, 2.75) is 26.8 Å². The quantitative estimate of drug-likeness (QED) is 0.717. The van der Waals surface area contributed by atoms with Crippen molar-refractivity contribution < 1.29 is 4.79 Å². The number of amides is 1. The number of hydrogen-bond acceptors (Lipinski definition) is 1. The lowest BCUT2D eigenvalue weighted by atomic mass is 10.3. The van der Waals surface area contributed by atoms with Gasteiger partial charge in [-0.1, -0.05) is 6.92 Å². The van der Waals surface area contributed by atoms with E-state index < -0.39 is 0 Å². The van der Waals surface area contributed by atoms with Gasteiger partial charge in [0.05, 0.1) is 6.54 Å². The Kier molecular flexibility index (Phi) is 3.74. The molecule has 0 N–H and O–H groups in total. The van der Waals surface area contributed by atoms with Crippen molar-refractivity contribution >= 4 is 5.91 Å². The predicted octanol–water partition coefficient (Wildman–Crippen LogP) is 1.78. The third kappa shape index (κ3) is 2.62. The lowest BCUT2D eigenvalue weighted by Gasteiger charge is -2.20. The summed E-state index contributed by atoms with van der Waals surface area (Å²) < 4.78 is 2.05. The van der Waals surface area contributed by atoms with E-state index in [9.17, 15) is 4.79 Å². The Morgan fingerprint density at radius 3 is 2.71 bits per heavy atom. The third-order valence-electron chi connectivity index (χ3n) is 2.34. The van der Waals surface area contributed by atoms with Gasteiger partial charge in [-0.25, -0.2) is 0 Å². The minimum atomic E-state index is 0.146. The smallest absolute Gasteiger partial charge is 0.219 e. The van der Waals surface area contributed by atoms with Crippen LogP contribution in [0, 0.1) is 0 Å². The van der Waals surface area contributed by atoms with Gasteiger partial charge in [0.15, 0.2) is 0 Å². The van der Waals surface area contributed by atoms with Gasteiger partial charge in [-0.3, -0.25) is 4.79 Å². The van der Waals surface area contributed by atoms with E-state index in [0.29, 0.717) is 6.54 Å². The first-order chi connectivity index (χ1) is 6.65. The minimum absolute atomic E-state index is 0.146. The molecule has 1 amide bonds. The van der Waals surface area contributed by atoms with Crippen LogP contribution < -0.4 is 0 Å². The standard InChI is InChI=1S/C11H18N2O/c1-4-7-13(10(2)14)9-11-6-5-8-12(11)3/h5-6,8H,4,7,9H2,1-3H3. The molecule has 0 saturated heterocycles. The van der Waals surface area contributed by atoms with Crippen molar-refractivity contribution in [2.75, 3.05) is 6.54 Å². The molecule has 1 aromatic rings. The lowest BCUT2D eigenvalue weighted by molar-refractivity contribution is -0.129. The summed E-state index contributed by atoms with van der Waals surface area (Å²) >= 11 is 0. The van der Waals surface area contributed by atoms with E-state index in [2.05, 4.69) is 6.92 Å². The Morgan fingerprint density at radius 2 is 2.29 bits per heavy atom. The maximum Gasteiger partial charge on any atom is 0.219 e. The van der Waals surface area contributed by atoms with Crippen LogP contribution in [-0.2, 0) is 18.4 Å². The topological polar surface area (TPSA) is 25.2 Å². The number of hydrogen-bond donors (Lipinski definition) is 0. The molecule has 78 valence electrons. The molecule has 0 spiro atoms. The number of aryl methyl sites for hydroxylation is 1. The highest BCUT2D eigenvalue weighted by Crippen LogP contribution is 2.05. The summed E-state index contributed by atoms with van der Waals surface area (Å²) in [5, 5.41) is 0. The van der Waals surface area contributed by atoms with Crippen LogP contribution in [0.25, 0.3) is 0 Å². The minimum Gasteiger partial charge on any atom is -0.353 e. The van der Waals surface area contributed by atoms with Crippen LogP contribution >= 0.6 is 0 Å². The van der Waals surface area contributed by atoms with E-state index in [-0.39, 0.29) is 5.91 Å². The number of carbonyl (C=O) groups excluding carboxylic acids is 1. The highest BCUT2D eigenvalue weighted by Gasteiger charge is 2.09. The van der Waals surface area contributed by atoms with Crippen molar-refractivity contribution in [3.63, 3.8) is 0 Å². The Balaban J connectivity index is 2.64. The number of aromatic nitrogens is 1. The fraction of sp³-hybridized carbons (Fsp3) is 0.545. The third-order valence-corrected chi connectivity index (χ3v) is 2.34. The highest BCUT2D eigenvalue weighted by molar-refractivity contribution is 5.73. The van der Waals surface area contributed by atoms with Gasteiger partial charge in [0.2, 0.25) is 5.91 Å². The molecular weight excluding hydrogens is 176 g/mol. The van der Waals surface area contributed by atoms with Crippen LogP contribution in [0.5, 0.6) is 0 Å². The molecule has 0 fully saturated rings. The molecule has 0 atom stereocenters. The summed E-state index contributed by atoms with van der Waals surface area (Å²) in [7, 11) is 2.00. The van der Waals surface area contributed by atoms with Crippen molar-refractivity contribution in [1.29, 1.82) is 0 Å². The maximum atomic E-state index is 11.3. The molecule has 0 aliphatic carbocycles. The van der Waals surface area contributed by atoms with Crippen LogP contribution in [0.15, 0.2) is 18.3 Å². The van der Waals surface area contributed by atoms with Crippen molar-refractivity contribution in [1.82, 2.24) is 9.47 Å². The fourth-order valence-corrected chi connectivity index (χ4v) is 1.47. The molecule has 14 heavy (non-hydrogen) atoms. The van der Waals surface area contributed by atoms with Gasteiger partial charge in [-0.15, -0.1) is 0 Å². The molecule has 0 aliphatic heterocycles. The van der Waals surface area contributed by atoms with E-state index >= 15 is 0 Å². The van der Waals surface area contributed by atoms with E-state index in [0.717, 1.165) is 13.0 Å². The van der Waals surface area contributed by atoms with Gasteiger partial charge >= 0.3 is 0 Å². The molecule has 0 saturated carbocycles. The van der Waals surface area contributed by atoms with Gasteiger partial charge in [0, 0.05) is 32.4 Å². The zero-order chi connectivity index (χ0) is 10.6. The van der Waals surface area contributed by atoms with Crippen LogP contribution in [0.3, 0.4) is 0 Å². The second-order valence-corrected chi connectivity index (χ2v) is 3.55. The van der Waals surface area contributed by atoms with Crippen LogP contribution in [-0.4, -0.2) is 21.9 Å². The zero-order valence-electron chi connectivity index (χ0n) is 9.16. The average molecular weight is 194 g/mol. The summed E-state index contributed by atoms with van der Waals surface area (Å²) in [5.74, 6) is 0.146. The number of nitrogens with zero attached hydrogens (tertiary/aromatic N) is 2. The summed E-state index contributed by atoms with van der Waals surface area (Å²) in [6.07, 6.45) is 3.00. The molecule has 0 radical (unpaired) electrons. The number of carbonyl (C=O) groups is 1. The lowest BCUT2D eigenvalue weighted by Crippen LogP contribution is -2.29. The fourth-order valence-electron chi connectivity index (χ4n) is 1.47. The van der Waals surface area contributed by atoms with Crippen molar-refractivity contribution in [3.05, 3.63) is 24.0 Å². The van der Waals surface area contributed by atoms with Crippen LogP contribution in [0.2, 0.25) is 0 Å². The van der Waals surface area contributed by atoms with Crippen LogP contribution in [0.1, 0.15) is 26.0 Å². The van der Waals surface area contributed by atoms with E-state index in [1.165, 1.54) is 5.69 Å². The Hall–Kier alpha value is -1.25. The summed E-state index contributed by atoms with van der Waals surface area (Å²) in [6, 6.07) is 4.05. The molecule has 0 unspecified atom stereocenters. The first-order valence-electron chi connectivity index (χ1n) is 5.01. The number of rotatable bonds is 4. The Bertz CT molecular complexity index is 304. The Labute approximate surface area is 85.3 Å². The maximum absolute atomic E-state index is 11.3. The second kappa shape index (κ2) is 4.84. The molecule has 0 aliphatic rings. The van der Waals surface area contributed by atoms with Gasteiger partial charge in [0.25, 0.3) is 0 Å². The zero-order valence-corrected chi connectivity index (χ0v) is 9.16. The monoisotopic (exact) mass is 194 g/mol. The normalized spacial score (nSPS) is 10.2. The summed E-state index contributed by atoms with van der Waals surface area (Å²) in [6.45, 7) is 5.26. The Morgan fingerprint density at radius 1 is 1.57 bits per heavy atom. The molecule has 1 rings (SSSR count). The predicted molar refractivity (Wildman–Crippen MR) is 56.8 cm³/mol. The average Bonchev–Trinajstić information content (AvgIpc) is 2.51. The van der Waals surface area contributed by atoms with E-state index in [1.54, 1.807) is 6.92 Å². The van der Waals surface area contributed by atoms with E-state index in [1.807, 2.05) is 34.8 Å². The van der Waals surface area contributed by atoms with Gasteiger partial charge in [-0.05, 0) is 18.6 Å². The molecule has 0 aromatic carbocycles.